The molecule has 1 N–H and O–H groups in total. The quantitative estimate of drug-likeness (QED) is 0.762. The second-order valence-electron chi connectivity index (χ2n) is 6.51. The Kier molecular flexibility index (Phi) is 4.30. The van der Waals surface area contributed by atoms with E-state index in [1.165, 1.54) is 37.7 Å². The zero-order chi connectivity index (χ0) is 13.9. The van der Waals surface area contributed by atoms with Crippen LogP contribution in [0.1, 0.15) is 57.6 Å². The second-order valence-corrected chi connectivity index (χ2v) is 6.51. The fourth-order valence-electron chi connectivity index (χ4n) is 2.93. The van der Waals surface area contributed by atoms with Gasteiger partial charge in [-0.2, -0.15) is 0 Å². The van der Waals surface area contributed by atoms with Crippen molar-refractivity contribution in [2.75, 3.05) is 6.54 Å². The van der Waals surface area contributed by atoms with Gasteiger partial charge < -0.3 is 10.1 Å². The lowest BCUT2D eigenvalue weighted by atomic mass is 9.90. The molecule has 2 unspecified atom stereocenters. The van der Waals surface area contributed by atoms with Crippen LogP contribution in [0.2, 0.25) is 0 Å². The van der Waals surface area contributed by atoms with Gasteiger partial charge in [0.1, 0.15) is 5.75 Å². The molecule has 2 saturated carbocycles. The first kappa shape index (κ1) is 13.9. The summed E-state index contributed by atoms with van der Waals surface area (Å²) in [4.78, 5) is 0. The summed E-state index contributed by atoms with van der Waals surface area (Å²) in [5, 5.41) is 3.74. The third-order valence-electron chi connectivity index (χ3n) is 4.57. The first-order chi connectivity index (χ1) is 9.78. The maximum Gasteiger partial charge on any atom is 0.119 e. The van der Waals surface area contributed by atoms with Gasteiger partial charge in [0.2, 0.25) is 0 Å². The van der Waals surface area contributed by atoms with Gasteiger partial charge in [-0.1, -0.05) is 26.0 Å². The molecule has 0 amide bonds. The van der Waals surface area contributed by atoms with E-state index in [0.29, 0.717) is 12.1 Å². The Labute approximate surface area is 122 Å². The normalized spacial score (nSPS) is 21.5. The van der Waals surface area contributed by atoms with Gasteiger partial charge in [0.15, 0.2) is 0 Å². The highest BCUT2D eigenvalue weighted by Gasteiger charge is 2.33. The summed E-state index contributed by atoms with van der Waals surface area (Å²) in [6.07, 6.45) is 6.95. The van der Waals surface area contributed by atoms with Crippen molar-refractivity contribution in [2.24, 2.45) is 11.8 Å². The summed E-state index contributed by atoms with van der Waals surface area (Å²) in [5.74, 6) is 2.69. The lowest BCUT2D eigenvalue weighted by molar-refractivity contribution is 0.302. The Morgan fingerprint density at radius 1 is 1.15 bits per heavy atom. The number of nitrogens with one attached hydrogen (secondary N) is 1. The fraction of sp³-hybridized carbons (Fsp3) is 0.667. The molecule has 2 aliphatic rings. The van der Waals surface area contributed by atoms with E-state index in [0.717, 1.165) is 24.1 Å². The monoisotopic (exact) mass is 273 g/mol. The van der Waals surface area contributed by atoms with Crippen LogP contribution in [0.5, 0.6) is 5.75 Å². The number of ether oxygens (including phenoxy) is 1. The molecule has 2 fully saturated rings. The van der Waals surface area contributed by atoms with Gasteiger partial charge in [-0.25, -0.2) is 0 Å². The smallest absolute Gasteiger partial charge is 0.119 e. The molecule has 0 radical (unpaired) electrons. The second kappa shape index (κ2) is 6.17. The molecule has 0 heterocycles. The predicted octanol–water partition coefficient (Wildman–Crippen LogP) is 4.31. The lowest BCUT2D eigenvalue weighted by Gasteiger charge is -2.26. The van der Waals surface area contributed by atoms with E-state index in [1.54, 1.807) is 0 Å². The number of rotatable bonds is 8. The van der Waals surface area contributed by atoms with Crippen LogP contribution in [0.3, 0.4) is 0 Å². The summed E-state index contributed by atoms with van der Waals surface area (Å²) in [5.41, 5.74) is 1.42. The topological polar surface area (TPSA) is 21.3 Å². The molecule has 20 heavy (non-hydrogen) atoms. The van der Waals surface area contributed by atoms with Crippen LogP contribution < -0.4 is 10.1 Å². The standard InChI is InChI=1S/C18H27NO/c1-3-12-19-18(13(2)14-4-5-14)15-6-8-16(9-7-15)20-17-10-11-17/h6-9,13-14,17-19H,3-5,10-12H2,1-2H3. The highest BCUT2D eigenvalue weighted by molar-refractivity contribution is 5.30. The van der Waals surface area contributed by atoms with Crippen LogP contribution in [0.15, 0.2) is 24.3 Å². The summed E-state index contributed by atoms with van der Waals surface area (Å²) < 4.78 is 5.84. The van der Waals surface area contributed by atoms with E-state index in [9.17, 15) is 0 Å². The molecule has 0 aromatic heterocycles. The largest absolute Gasteiger partial charge is 0.490 e. The number of benzene rings is 1. The van der Waals surface area contributed by atoms with Crippen molar-refractivity contribution in [3.05, 3.63) is 29.8 Å². The Balaban J connectivity index is 1.67. The number of hydrogen-bond donors (Lipinski definition) is 1. The molecule has 2 heteroatoms. The third-order valence-corrected chi connectivity index (χ3v) is 4.57. The molecular formula is C18H27NO. The van der Waals surface area contributed by atoms with Crippen molar-refractivity contribution >= 4 is 0 Å². The molecule has 3 rings (SSSR count). The molecule has 2 nitrogen and oxygen atoms in total. The maximum absolute atomic E-state index is 5.84. The van der Waals surface area contributed by atoms with E-state index in [1.807, 2.05) is 0 Å². The molecule has 0 aliphatic heterocycles. The van der Waals surface area contributed by atoms with E-state index in [-0.39, 0.29) is 0 Å². The van der Waals surface area contributed by atoms with E-state index in [4.69, 9.17) is 4.74 Å². The van der Waals surface area contributed by atoms with Gasteiger partial charge in [-0.3, -0.25) is 0 Å². The first-order valence-corrected chi connectivity index (χ1v) is 8.28. The van der Waals surface area contributed by atoms with Crippen LogP contribution in [-0.2, 0) is 0 Å². The minimum Gasteiger partial charge on any atom is -0.490 e. The molecule has 0 saturated heterocycles. The fourth-order valence-corrected chi connectivity index (χ4v) is 2.93. The van der Waals surface area contributed by atoms with Crippen LogP contribution in [0, 0.1) is 11.8 Å². The zero-order valence-corrected chi connectivity index (χ0v) is 12.8. The molecule has 0 spiro atoms. The summed E-state index contributed by atoms with van der Waals surface area (Å²) in [7, 11) is 0. The van der Waals surface area contributed by atoms with Crippen LogP contribution >= 0.6 is 0 Å². The average Bonchev–Trinajstić information content (AvgIpc) is 3.34. The third kappa shape index (κ3) is 3.54. The molecular weight excluding hydrogens is 246 g/mol. The molecule has 2 aliphatic carbocycles. The van der Waals surface area contributed by atoms with E-state index in [2.05, 4.69) is 43.4 Å². The van der Waals surface area contributed by atoms with Gasteiger partial charge in [0, 0.05) is 6.04 Å². The Bertz CT molecular complexity index is 420. The van der Waals surface area contributed by atoms with Gasteiger partial charge in [-0.15, -0.1) is 0 Å². The lowest BCUT2D eigenvalue weighted by Crippen LogP contribution is -2.28. The van der Waals surface area contributed by atoms with Crippen molar-refractivity contribution in [1.29, 1.82) is 0 Å². The molecule has 0 bridgehead atoms. The van der Waals surface area contributed by atoms with Crippen LogP contribution in [-0.4, -0.2) is 12.6 Å². The van der Waals surface area contributed by atoms with Crippen molar-refractivity contribution in [2.45, 2.75) is 58.1 Å². The summed E-state index contributed by atoms with van der Waals surface area (Å²) in [6, 6.07) is 9.30. The summed E-state index contributed by atoms with van der Waals surface area (Å²) in [6.45, 7) is 5.74. The van der Waals surface area contributed by atoms with Gasteiger partial charge in [0.05, 0.1) is 6.10 Å². The Hall–Kier alpha value is -1.02. The Morgan fingerprint density at radius 2 is 1.85 bits per heavy atom. The van der Waals surface area contributed by atoms with Gasteiger partial charge in [-0.05, 0) is 68.2 Å². The van der Waals surface area contributed by atoms with E-state index >= 15 is 0 Å². The average molecular weight is 273 g/mol. The zero-order valence-electron chi connectivity index (χ0n) is 12.8. The van der Waals surface area contributed by atoms with Crippen LogP contribution in [0.25, 0.3) is 0 Å². The van der Waals surface area contributed by atoms with Crippen molar-refractivity contribution in [3.8, 4) is 5.75 Å². The summed E-state index contributed by atoms with van der Waals surface area (Å²) >= 11 is 0. The SMILES string of the molecule is CCCNC(c1ccc(OC2CC2)cc1)C(C)C1CC1. The van der Waals surface area contributed by atoms with Crippen molar-refractivity contribution in [1.82, 2.24) is 5.32 Å². The molecule has 2 atom stereocenters. The molecule has 110 valence electrons. The van der Waals surface area contributed by atoms with Crippen molar-refractivity contribution in [3.63, 3.8) is 0 Å². The number of hydrogen-bond acceptors (Lipinski definition) is 2. The minimum absolute atomic E-state index is 0.486. The predicted molar refractivity (Wildman–Crippen MR) is 83.0 cm³/mol. The maximum atomic E-state index is 5.84. The Morgan fingerprint density at radius 3 is 2.40 bits per heavy atom. The first-order valence-electron chi connectivity index (χ1n) is 8.28. The highest BCUT2D eigenvalue weighted by atomic mass is 16.5. The van der Waals surface area contributed by atoms with Gasteiger partial charge >= 0.3 is 0 Å². The minimum atomic E-state index is 0.486. The molecule has 1 aromatic carbocycles. The van der Waals surface area contributed by atoms with Crippen LogP contribution in [0.4, 0.5) is 0 Å². The van der Waals surface area contributed by atoms with Crippen molar-refractivity contribution < 1.29 is 4.74 Å². The van der Waals surface area contributed by atoms with E-state index < -0.39 is 0 Å². The van der Waals surface area contributed by atoms with Gasteiger partial charge in [0.25, 0.3) is 0 Å². The molecule has 1 aromatic rings. The highest BCUT2D eigenvalue weighted by Crippen LogP contribution is 2.42.